The zero-order chi connectivity index (χ0) is 6.85. The standard InChI is InChI=1S/C5H10N2O2/c1-4-2-7(3-8)5(9)6-4/h4,8H,2-3H2,1H3,(H,6,9). The molecule has 0 aromatic heterocycles. The Labute approximate surface area is 53.5 Å². The van der Waals surface area contributed by atoms with Crippen LogP contribution in [-0.2, 0) is 0 Å². The summed E-state index contributed by atoms with van der Waals surface area (Å²) in [5.74, 6) is 0. The van der Waals surface area contributed by atoms with Crippen LogP contribution in [-0.4, -0.2) is 35.4 Å². The highest BCUT2D eigenvalue weighted by Crippen LogP contribution is 2.00. The molecule has 52 valence electrons. The molecule has 1 unspecified atom stereocenters. The van der Waals surface area contributed by atoms with Gasteiger partial charge in [-0.1, -0.05) is 0 Å². The number of rotatable bonds is 1. The summed E-state index contributed by atoms with van der Waals surface area (Å²) in [5.41, 5.74) is 0. The van der Waals surface area contributed by atoms with Crippen LogP contribution >= 0.6 is 0 Å². The number of carbonyl (C=O) groups excluding carboxylic acids is 1. The lowest BCUT2D eigenvalue weighted by molar-refractivity contribution is 0.141. The number of aliphatic hydroxyl groups excluding tert-OH is 1. The minimum Gasteiger partial charge on any atom is -0.376 e. The summed E-state index contributed by atoms with van der Waals surface area (Å²) in [4.78, 5) is 12.0. The van der Waals surface area contributed by atoms with Crippen LogP contribution in [0.4, 0.5) is 4.79 Å². The quantitative estimate of drug-likeness (QED) is 0.495. The highest BCUT2D eigenvalue weighted by molar-refractivity contribution is 5.76. The van der Waals surface area contributed by atoms with Gasteiger partial charge >= 0.3 is 6.03 Å². The fourth-order valence-corrected chi connectivity index (χ4v) is 0.883. The summed E-state index contributed by atoms with van der Waals surface area (Å²) in [6.45, 7) is 2.32. The smallest absolute Gasteiger partial charge is 0.319 e. The third-order valence-electron chi connectivity index (χ3n) is 1.32. The first-order valence-electron chi connectivity index (χ1n) is 2.90. The number of hydrogen-bond acceptors (Lipinski definition) is 2. The first kappa shape index (κ1) is 6.35. The Hall–Kier alpha value is -0.770. The molecule has 0 aromatic rings. The van der Waals surface area contributed by atoms with Crippen LogP contribution in [0.2, 0.25) is 0 Å². The second-order valence-electron chi connectivity index (χ2n) is 2.21. The van der Waals surface area contributed by atoms with Gasteiger partial charge in [0.2, 0.25) is 0 Å². The number of nitrogens with zero attached hydrogens (tertiary/aromatic N) is 1. The van der Waals surface area contributed by atoms with Crippen molar-refractivity contribution in [2.45, 2.75) is 13.0 Å². The van der Waals surface area contributed by atoms with Crippen molar-refractivity contribution in [3.05, 3.63) is 0 Å². The molecular formula is C5H10N2O2. The van der Waals surface area contributed by atoms with E-state index in [2.05, 4.69) is 5.32 Å². The van der Waals surface area contributed by atoms with Gasteiger partial charge in [-0.25, -0.2) is 4.79 Å². The lowest BCUT2D eigenvalue weighted by atomic mass is 10.4. The maximum Gasteiger partial charge on any atom is 0.319 e. The molecule has 9 heavy (non-hydrogen) atoms. The van der Waals surface area contributed by atoms with E-state index < -0.39 is 0 Å². The fourth-order valence-electron chi connectivity index (χ4n) is 0.883. The van der Waals surface area contributed by atoms with Gasteiger partial charge < -0.3 is 10.4 Å². The molecule has 4 nitrogen and oxygen atoms in total. The average molecular weight is 130 g/mol. The molecule has 4 heteroatoms. The van der Waals surface area contributed by atoms with E-state index in [0.29, 0.717) is 6.54 Å². The van der Waals surface area contributed by atoms with Crippen LogP contribution in [0.5, 0.6) is 0 Å². The third-order valence-corrected chi connectivity index (χ3v) is 1.32. The predicted molar refractivity (Wildman–Crippen MR) is 31.8 cm³/mol. The number of nitrogens with one attached hydrogen (secondary N) is 1. The summed E-state index contributed by atoms with van der Waals surface area (Å²) in [7, 11) is 0. The molecule has 0 saturated carbocycles. The van der Waals surface area contributed by atoms with Crippen LogP contribution in [0.15, 0.2) is 0 Å². The first-order valence-corrected chi connectivity index (χ1v) is 2.90. The zero-order valence-corrected chi connectivity index (χ0v) is 5.29. The average Bonchev–Trinajstić information content (AvgIpc) is 2.10. The minimum atomic E-state index is -0.184. The monoisotopic (exact) mass is 130 g/mol. The molecule has 1 heterocycles. The molecule has 2 amide bonds. The van der Waals surface area contributed by atoms with E-state index in [-0.39, 0.29) is 18.8 Å². The van der Waals surface area contributed by atoms with E-state index in [1.807, 2.05) is 6.92 Å². The summed E-state index contributed by atoms with van der Waals surface area (Å²) in [5, 5.41) is 11.2. The van der Waals surface area contributed by atoms with Crippen LogP contribution in [0.3, 0.4) is 0 Å². The van der Waals surface area contributed by atoms with Gasteiger partial charge in [0.25, 0.3) is 0 Å². The number of urea groups is 1. The van der Waals surface area contributed by atoms with Gasteiger partial charge in [-0.15, -0.1) is 0 Å². The molecular weight excluding hydrogens is 120 g/mol. The van der Waals surface area contributed by atoms with Crippen molar-refractivity contribution in [2.75, 3.05) is 13.3 Å². The summed E-state index contributed by atoms with van der Waals surface area (Å²) in [6, 6.07) is -0.00495. The van der Waals surface area contributed by atoms with Crippen molar-refractivity contribution in [1.82, 2.24) is 10.2 Å². The van der Waals surface area contributed by atoms with E-state index >= 15 is 0 Å². The Morgan fingerprint density at radius 2 is 2.67 bits per heavy atom. The van der Waals surface area contributed by atoms with E-state index in [4.69, 9.17) is 5.11 Å². The van der Waals surface area contributed by atoms with Crippen molar-refractivity contribution in [2.24, 2.45) is 0 Å². The summed E-state index contributed by atoms with van der Waals surface area (Å²) < 4.78 is 0. The van der Waals surface area contributed by atoms with Gasteiger partial charge in [0, 0.05) is 12.6 Å². The third kappa shape index (κ3) is 1.13. The molecule has 1 aliphatic rings. The largest absolute Gasteiger partial charge is 0.376 e. The predicted octanol–water partition coefficient (Wildman–Crippen LogP) is -0.650. The number of amides is 2. The van der Waals surface area contributed by atoms with E-state index in [1.54, 1.807) is 0 Å². The Morgan fingerprint density at radius 1 is 2.00 bits per heavy atom. The van der Waals surface area contributed by atoms with Crippen molar-refractivity contribution < 1.29 is 9.90 Å². The molecule has 0 aliphatic carbocycles. The lowest BCUT2D eigenvalue weighted by Crippen LogP contribution is -2.28. The van der Waals surface area contributed by atoms with Crippen molar-refractivity contribution >= 4 is 6.03 Å². The Bertz CT molecular complexity index is 126. The van der Waals surface area contributed by atoms with Gasteiger partial charge in [-0.2, -0.15) is 0 Å². The fraction of sp³-hybridized carbons (Fsp3) is 0.800. The van der Waals surface area contributed by atoms with Gasteiger partial charge in [-0.05, 0) is 6.92 Å². The second kappa shape index (κ2) is 2.23. The Morgan fingerprint density at radius 3 is 2.89 bits per heavy atom. The van der Waals surface area contributed by atoms with E-state index in [1.165, 1.54) is 4.90 Å². The summed E-state index contributed by atoms with van der Waals surface area (Å²) in [6.07, 6.45) is 0. The van der Waals surface area contributed by atoms with Crippen molar-refractivity contribution in [1.29, 1.82) is 0 Å². The highest BCUT2D eigenvalue weighted by Gasteiger charge is 2.23. The van der Waals surface area contributed by atoms with Gasteiger partial charge in [-0.3, -0.25) is 4.90 Å². The maximum atomic E-state index is 10.7. The highest BCUT2D eigenvalue weighted by atomic mass is 16.3. The minimum absolute atomic E-state index is 0.171. The Balaban J connectivity index is 2.48. The molecule has 0 radical (unpaired) electrons. The topological polar surface area (TPSA) is 52.6 Å². The van der Waals surface area contributed by atoms with Crippen LogP contribution in [0, 0.1) is 0 Å². The molecule has 0 spiro atoms. The van der Waals surface area contributed by atoms with Crippen LogP contribution < -0.4 is 5.32 Å². The van der Waals surface area contributed by atoms with Crippen molar-refractivity contribution in [3.63, 3.8) is 0 Å². The molecule has 1 fully saturated rings. The second-order valence-corrected chi connectivity index (χ2v) is 2.21. The molecule has 1 rings (SSSR count). The first-order chi connectivity index (χ1) is 4.24. The number of aliphatic hydroxyl groups is 1. The molecule has 0 bridgehead atoms. The van der Waals surface area contributed by atoms with Crippen LogP contribution in [0.25, 0.3) is 0 Å². The van der Waals surface area contributed by atoms with Crippen LogP contribution in [0.1, 0.15) is 6.92 Å². The summed E-state index contributed by atoms with van der Waals surface area (Å²) >= 11 is 0. The molecule has 0 aromatic carbocycles. The van der Waals surface area contributed by atoms with Gasteiger partial charge in [0.05, 0.1) is 0 Å². The number of carbonyl (C=O) groups is 1. The van der Waals surface area contributed by atoms with Crippen molar-refractivity contribution in [3.8, 4) is 0 Å². The Kier molecular flexibility index (Phi) is 1.57. The SMILES string of the molecule is CC1CN(CO)C(=O)N1. The van der Waals surface area contributed by atoms with E-state index in [9.17, 15) is 4.79 Å². The normalized spacial score (nSPS) is 26.7. The van der Waals surface area contributed by atoms with Gasteiger partial charge in [0.15, 0.2) is 0 Å². The zero-order valence-electron chi connectivity index (χ0n) is 5.29. The van der Waals surface area contributed by atoms with E-state index in [0.717, 1.165) is 0 Å². The molecule has 1 aliphatic heterocycles. The van der Waals surface area contributed by atoms with Gasteiger partial charge in [0.1, 0.15) is 6.73 Å². The molecule has 2 N–H and O–H groups in total. The maximum absolute atomic E-state index is 10.7. The lowest BCUT2D eigenvalue weighted by Gasteiger charge is -2.07. The number of hydrogen-bond donors (Lipinski definition) is 2. The molecule has 1 atom stereocenters. The molecule has 1 saturated heterocycles.